The van der Waals surface area contributed by atoms with Crippen molar-refractivity contribution in [3.63, 3.8) is 0 Å². The summed E-state index contributed by atoms with van der Waals surface area (Å²) < 4.78 is 0. The lowest BCUT2D eigenvalue weighted by atomic mass is 10.0. The second-order valence-electron chi connectivity index (χ2n) is 5.28. The summed E-state index contributed by atoms with van der Waals surface area (Å²) >= 11 is 0. The van der Waals surface area contributed by atoms with Crippen LogP contribution in [0.25, 0.3) is 22.2 Å². The molecule has 3 aromatic rings. The van der Waals surface area contributed by atoms with Crippen molar-refractivity contribution in [2.24, 2.45) is 0 Å². The lowest BCUT2D eigenvalue weighted by Gasteiger charge is -2.02. The zero-order valence-electron chi connectivity index (χ0n) is 12.4. The Balaban J connectivity index is 2.23. The Morgan fingerprint density at radius 3 is 2.38 bits per heavy atom. The number of aryl methyl sites for hydroxylation is 2. The molecule has 0 spiro atoms. The van der Waals surface area contributed by atoms with Crippen LogP contribution in [-0.4, -0.2) is 11.3 Å². The molecule has 2 aromatic carbocycles. The molecule has 0 radical (unpaired) electrons. The van der Waals surface area contributed by atoms with Crippen LogP contribution in [0.1, 0.15) is 35.3 Å². The van der Waals surface area contributed by atoms with E-state index >= 15 is 0 Å². The molecule has 1 heterocycles. The summed E-state index contributed by atoms with van der Waals surface area (Å²) in [5.74, 6) is 0. The maximum absolute atomic E-state index is 11.6. The van der Waals surface area contributed by atoms with E-state index in [1.165, 1.54) is 11.1 Å². The van der Waals surface area contributed by atoms with E-state index in [4.69, 9.17) is 0 Å². The first-order valence-electron chi connectivity index (χ1n) is 7.46. The van der Waals surface area contributed by atoms with Crippen LogP contribution < -0.4 is 0 Å². The minimum atomic E-state index is 0.754. The van der Waals surface area contributed by atoms with E-state index < -0.39 is 0 Å². The van der Waals surface area contributed by atoms with Gasteiger partial charge in [-0.25, -0.2) is 0 Å². The highest BCUT2D eigenvalue weighted by Gasteiger charge is 2.14. The Kier molecular flexibility index (Phi) is 3.61. The average molecular weight is 277 g/mol. The van der Waals surface area contributed by atoms with E-state index in [0.717, 1.165) is 46.9 Å². The molecule has 106 valence electrons. The Morgan fingerprint density at radius 1 is 1.00 bits per heavy atom. The van der Waals surface area contributed by atoms with Crippen molar-refractivity contribution in [3.05, 3.63) is 59.2 Å². The summed E-state index contributed by atoms with van der Waals surface area (Å²) in [7, 11) is 0. The largest absolute Gasteiger partial charge is 0.354 e. The van der Waals surface area contributed by atoms with E-state index in [-0.39, 0.29) is 0 Å². The van der Waals surface area contributed by atoms with Gasteiger partial charge < -0.3 is 4.98 Å². The maximum atomic E-state index is 11.6. The number of fused-ring (bicyclic) bond motifs is 1. The second kappa shape index (κ2) is 5.57. The Morgan fingerprint density at radius 2 is 1.76 bits per heavy atom. The highest BCUT2D eigenvalue weighted by Crippen LogP contribution is 2.31. The molecular formula is C19H19NO. The number of benzene rings is 2. The predicted octanol–water partition coefficient (Wildman–Crippen LogP) is 4.77. The summed E-state index contributed by atoms with van der Waals surface area (Å²) in [4.78, 5) is 15.0. The topological polar surface area (TPSA) is 32.9 Å². The van der Waals surface area contributed by atoms with Crippen molar-refractivity contribution in [1.29, 1.82) is 0 Å². The zero-order valence-corrected chi connectivity index (χ0v) is 12.4. The molecule has 0 saturated carbocycles. The molecule has 2 nitrogen and oxygen atoms in total. The van der Waals surface area contributed by atoms with Crippen LogP contribution in [0.4, 0.5) is 0 Å². The van der Waals surface area contributed by atoms with E-state index in [0.29, 0.717) is 0 Å². The molecule has 1 N–H and O–H groups in total. The van der Waals surface area contributed by atoms with Gasteiger partial charge in [-0.2, -0.15) is 0 Å². The first-order valence-corrected chi connectivity index (χ1v) is 7.46. The number of aldehydes is 1. The molecule has 0 fully saturated rings. The molecule has 0 aliphatic carbocycles. The zero-order chi connectivity index (χ0) is 14.8. The molecule has 0 saturated heterocycles. The first kappa shape index (κ1) is 13.6. The fourth-order valence-electron chi connectivity index (χ4n) is 2.85. The quantitative estimate of drug-likeness (QED) is 0.684. The fraction of sp³-hybridized carbons (Fsp3) is 0.211. The SMILES string of the molecule is CCc1ccc(-c2[nH]c3c(CC)cccc3c2C=O)cc1. The lowest BCUT2D eigenvalue weighted by Crippen LogP contribution is -1.86. The summed E-state index contributed by atoms with van der Waals surface area (Å²) in [6.07, 6.45) is 2.93. The van der Waals surface area contributed by atoms with Crippen molar-refractivity contribution in [1.82, 2.24) is 4.98 Å². The van der Waals surface area contributed by atoms with Gasteiger partial charge in [-0.3, -0.25) is 4.79 Å². The van der Waals surface area contributed by atoms with E-state index in [9.17, 15) is 4.79 Å². The predicted molar refractivity (Wildman–Crippen MR) is 87.9 cm³/mol. The van der Waals surface area contributed by atoms with Crippen LogP contribution in [0.15, 0.2) is 42.5 Å². The Labute approximate surface area is 124 Å². The number of nitrogens with one attached hydrogen (secondary N) is 1. The average Bonchev–Trinajstić information content (AvgIpc) is 2.93. The number of hydrogen-bond acceptors (Lipinski definition) is 1. The minimum Gasteiger partial charge on any atom is -0.354 e. The minimum absolute atomic E-state index is 0.754. The van der Waals surface area contributed by atoms with Gasteiger partial charge in [0.25, 0.3) is 0 Å². The normalized spacial score (nSPS) is 11.0. The van der Waals surface area contributed by atoms with E-state index in [1.54, 1.807) is 0 Å². The highest BCUT2D eigenvalue weighted by atomic mass is 16.1. The lowest BCUT2D eigenvalue weighted by molar-refractivity contribution is 0.112. The maximum Gasteiger partial charge on any atom is 0.152 e. The number of aromatic nitrogens is 1. The van der Waals surface area contributed by atoms with Gasteiger partial charge in [0.15, 0.2) is 6.29 Å². The number of hydrogen-bond donors (Lipinski definition) is 1. The third kappa shape index (κ3) is 2.27. The van der Waals surface area contributed by atoms with Gasteiger partial charge in [0.1, 0.15) is 0 Å². The molecule has 1 aromatic heterocycles. The van der Waals surface area contributed by atoms with Gasteiger partial charge in [0.05, 0.1) is 5.69 Å². The highest BCUT2D eigenvalue weighted by molar-refractivity contribution is 6.05. The van der Waals surface area contributed by atoms with Gasteiger partial charge in [0.2, 0.25) is 0 Å². The number of aromatic amines is 1. The van der Waals surface area contributed by atoms with Gasteiger partial charge >= 0.3 is 0 Å². The second-order valence-corrected chi connectivity index (χ2v) is 5.28. The molecule has 0 bridgehead atoms. The molecule has 0 atom stereocenters. The van der Waals surface area contributed by atoms with Gasteiger partial charge in [-0.05, 0) is 29.5 Å². The molecule has 0 aliphatic rings. The van der Waals surface area contributed by atoms with Crippen molar-refractivity contribution < 1.29 is 4.79 Å². The molecule has 0 aliphatic heterocycles. The number of para-hydroxylation sites is 1. The van der Waals surface area contributed by atoms with Crippen molar-refractivity contribution in [2.75, 3.05) is 0 Å². The summed E-state index contributed by atoms with van der Waals surface area (Å²) in [6, 6.07) is 14.6. The third-order valence-corrected chi connectivity index (χ3v) is 4.11. The van der Waals surface area contributed by atoms with Crippen LogP contribution in [0.2, 0.25) is 0 Å². The molecule has 0 unspecified atom stereocenters. The third-order valence-electron chi connectivity index (χ3n) is 4.11. The van der Waals surface area contributed by atoms with E-state index in [1.807, 2.05) is 12.1 Å². The Bertz CT molecular complexity index is 781. The molecule has 21 heavy (non-hydrogen) atoms. The summed E-state index contributed by atoms with van der Waals surface area (Å²) in [5.41, 5.74) is 6.36. The van der Waals surface area contributed by atoms with Gasteiger partial charge in [-0.1, -0.05) is 56.3 Å². The van der Waals surface area contributed by atoms with Crippen LogP contribution in [0.3, 0.4) is 0 Å². The summed E-state index contributed by atoms with van der Waals surface area (Å²) in [5, 5.41) is 1.01. The van der Waals surface area contributed by atoms with Gasteiger partial charge in [0, 0.05) is 16.5 Å². The van der Waals surface area contributed by atoms with Crippen molar-refractivity contribution in [3.8, 4) is 11.3 Å². The number of carbonyl (C=O) groups excluding carboxylic acids is 1. The number of carbonyl (C=O) groups is 1. The van der Waals surface area contributed by atoms with Crippen molar-refractivity contribution >= 4 is 17.2 Å². The molecule has 0 amide bonds. The van der Waals surface area contributed by atoms with Crippen LogP contribution in [0.5, 0.6) is 0 Å². The van der Waals surface area contributed by atoms with Gasteiger partial charge in [-0.15, -0.1) is 0 Å². The smallest absolute Gasteiger partial charge is 0.152 e. The number of rotatable bonds is 4. The molecular weight excluding hydrogens is 258 g/mol. The standard InChI is InChI=1S/C19H19NO/c1-3-13-8-10-15(11-9-13)19-17(12-21)16-7-5-6-14(4-2)18(16)20-19/h5-12,20H,3-4H2,1-2H3. The molecule has 2 heteroatoms. The van der Waals surface area contributed by atoms with E-state index in [2.05, 4.69) is 49.2 Å². The number of H-pyrrole nitrogens is 1. The Hall–Kier alpha value is -2.35. The van der Waals surface area contributed by atoms with Crippen LogP contribution in [-0.2, 0) is 12.8 Å². The van der Waals surface area contributed by atoms with Crippen LogP contribution in [0, 0.1) is 0 Å². The first-order chi connectivity index (χ1) is 10.3. The monoisotopic (exact) mass is 277 g/mol. The fourth-order valence-corrected chi connectivity index (χ4v) is 2.85. The molecule has 3 rings (SSSR count). The van der Waals surface area contributed by atoms with Crippen LogP contribution >= 0.6 is 0 Å². The summed E-state index contributed by atoms with van der Waals surface area (Å²) in [6.45, 7) is 4.27. The van der Waals surface area contributed by atoms with Crippen molar-refractivity contribution in [2.45, 2.75) is 26.7 Å².